The van der Waals surface area contributed by atoms with Gasteiger partial charge in [-0.2, -0.15) is 0 Å². The molecule has 0 saturated carbocycles. The fourth-order valence-corrected chi connectivity index (χ4v) is 2.44. The smallest absolute Gasteiger partial charge is 0.407 e. The van der Waals surface area contributed by atoms with Gasteiger partial charge in [0, 0.05) is 19.2 Å². The molecular weight excluding hydrogens is 305 g/mol. The minimum Gasteiger partial charge on any atom is -0.444 e. The van der Waals surface area contributed by atoms with E-state index in [-0.39, 0.29) is 11.7 Å². The molecule has 1 saturated heterocycles. The van der Waals surface area contributed by atoms with Crippen LogP contribution in [-0.2, 0) is 4.74 Å². The highest BCUT2D eigenvalue weighted by atomic mass is 19.1. The van der Waals surface area contributed by atoms with Crippen LogP contribution in [-0.4, -0.2) is 35.7 Å². The number of nitro groups is 1. The second-order valence-electron chi connectivity index (χ2n) is 6.47. The predicted molar refractivity (Wildman–Crippen MR) is 83.0 cm³/mol. The molecular formula is C15H20FN3O4. The second-order valence-corrected chi connectivity index (χ2v) is 6.47. The van der Waals surface area contributed by atoms with Gasteiger partial charge in [0.2, 0.25) is 0 Å². The normalized spacial score (nSPS) is 17.9. The maximum Gasteiger partial charge on any atom is 0.407 e. The molecule has 0 bridgehead atoms. The van der Waals surface area contributed by atoms with E-state index in [1.165, 1.54) is 12.1 Å². The van der Waals surface area contributed by atoms with Crippen molar-refractivity contribution in [1.29, 1.82) is 0 Å². The number of hydrogen-bond acceptors (Lipinski definition) is 5. The lowest BCUT2D eigenvalue weighted by molar-refractivity contribution is -0.385. The first kappa shape index (κ1) is 17.0. The lowest BCUT2D eigenvalue weighted by atomic mass is 10.2. The van der Waals surface area contributed by atoms with Crippen LogP contribution in [0.2, 0.25) is 0 Å². The van der Waals surface area contributed by atoms with Crippen molar-refractivity contribution in [3.8, 4) is 0 Å². The van der Waals surface area contributed by atoms with Crippen LogP contribution in [0.1, 0.15) is 27.2 Å². The Morgan fingerprint density at radius 3 is 2.74 bits per heavy atom. The Morgan fingerprint density at radius 1 is 1.48 bits per heavy atom. The quantitative estimate of drug-likeness (QED) is 0.682. The monoisotopic (exact) mass is 325 g/mol. The van der Waals surface area contributed by atoms with Gasteiger partial charge in [0.15, 0.2) is 5.82 Å². The molecule has 0 aliphatic carbocycles. The van der Waals surface area contributed by atoms with Gasteiger partial charge in [-0.15, -0.1) is 0 Å². The largest absolute Gasteiger partial charge is 0.444 e. The maximum absolute atomic E-state index is 14.0. The minimum absolute atomic E-state index is 0.153. The summed E-state index contributed by atoms with van der Waals surface area (Å²) in [4.78, 5) is 23.5. The van der Waals surface area contributed by atoms with E-state index in [1.807, 2.05) is 0 Å². The molecule has 7 nitrogen and oxygen atoms in total. The molecule has 8 heteroatoms. The molecule has 1 amide bonds. The standard InChI is InChI=1S/C15H20FN3O4/c1-15(2,3)23-14(20)17-10-6-7-18(9-10)13-5-4-11(19(21)22)8-12(13)16/h4-5,8,10H,6-7,9H2,1-3H3,(H,17,20). The molecule has 1 unspecified atom stereocenters. The summed E-state index contributed by atoms with van der Waals surface area (Å²) < 4.78 is 19.2. The van der Waals surface area contributed by atoms with E-state index in [9.17, 15) is 19.3 Å². The summed E-state index contributed by atoms with van der Waals surface area (Å²) in [5.41, 5.74) is -0.565. The Kier molecular flexibility index (Phi) is 4.72. The highest BCUT2D eigenvalue weighted by Crippen LogP contribution is 2.27. The van der Waals surface area contributed by atoms with E-state index in [4.69, 9.17) is 4.74 Å². The van der Waals surface area contributed by atoms with Gasteiger partial charge in [-0.3, -0.25) is 10.1 Å². The van der Waals surface area contributed by atoms with Gasteiger partial charge in [-0.1, -0.05) is 0 Å². The number of nitrogens with one attached hydrogen (secondary N) is 1. The minimum atomic E-state index is -0.642. The number of hydrogen-bond donors (Lipinski definition) is 1. The average molecular weight is 325 g/mol. The van der Waals surface area contributed by atoms with Crippen molar-refractivity contribution in [2.45, 2.75) is 38.8 Å². The molecule has 126 valence electrons. The fraction of sp³-hybridized carbons (Fsp3) is 0.533. The number of non-ortho nitro benzene ring substituents is 1. The van der Waals surface area contributed by atoms with Gasteiger partial charge in [-0.25, -0.2) is 9.18 Å². The van der Waals surface area contributed by atoms with Crippen LogP contribution < -0.4 is 10.2 Å². The van der Waals surface area contributed by atoms with Crippen molar-refractivity contribution < 1.29 is 18.8 Å². The number of ether oxygens (including phenoxy) is 1. The van der Waals surface area contributed by atoms with Crippen LogP contribution in [0.4, 0.5) is 20.6 Å². The summed E-state index contributed by atoms with van der Waals surface area (Å²) in [5, 5.41) is 13.4. The second kappa shape index (κ2) is 6.39. The summed E-state index contributed by atoms with van der Waals surface area (Å²) >= 11 is 0. The Labute approximate surface area is 133 Å². The number of amides is 1. The third-order valence-electron chi connectivity index (χ3n) is 3.39. The van der Waals surface area contributed by atoms with Crippen LogP contribution in [0, 0.1) is 15.9 Å². The third-order valence-corrected chi connectivity index (χ3v) is 3.39. The van der Waals surface area contributed by atoms with Crippen LogP contribution in [0.5, 0.6) is 0 Å². The zero-order valence-electron chi connectivity index (χ0n) is 13.3. The number of benzene rings is 1. The predicted octanol–water partition coefficient (Wildman–Crippen LogP) is 2.84. The molecule has 0 radical (unpaired) electrons. The first-order valence-electron chi connectivity index (χ1n) is 7.34. The Bertz CT molecular complexity index is 615. The molecule has 1 atom stereocenters. The van der Waals surface area contributed by atoms with E-state index >= 15 is 0 Å². The SMILES string of the molecule is CC(C)(C)OC(=O)NC1CCN(c2ccc([N+](=O)[O-])cc2F)C1. The molecule has 1 heterocycles. The lowest BCUT2D eigenvalue weighted by Gasteiger charge is -2.22. The molecule has 0 aromatic heterocycles. The summed E-state index contributed by atoms with van der Waals surface area (Å²) in [6.07, 6.45) is 0.142. The summed E-state index contributed by atoms with van der Waals surface area (Å²) in [6, 6.07) is 3.42. The van der Waals surface area contributed by atoms with Crippen LogP contribution in [0.25, 0.3) is 0 Å². The molecule has 1 aliphatic heterocycles. The topological polar surface area (TPSA) is 84.7 Å². The van der Waals surface area contributed by atoms with E-state index in [2.05, 4.69) is 5.32 Å². The van der Waals surface area contributed by atoms with Crippen molar-refractivity contribution in [3.63, 3.8) is 0 Å². The first-order chi connectivity index (χ1) is 10.7. The highest BCUT2D eigenvalue weighted by Gasteiger charge is 2.28. The lowest BCUT2D eigenvalue weighted by Crippen LogP contribution is -2.40. The zero-order chi connectivity index (χ0) is 17.2. The van der Waals surface area contributed by atoms with Crippen molar-refractivity contribution >= 4 is 17.5 Å². The number of nitro benzene ring substituents is 1. The molecule has 23 heavy (non-hydrogen) atoms. The molecule has 0 spiro atoms. The van der Waals surface area contributed by atoms with Crippen LogP contribution in [0.15, 0.2) is 18.2 Å². The number of nitrogens with zero attached hydrogens (tertiary/aromatic N) is 2. The molecule has 1 N–H and O–H groups in total. The van der Waals surface area contributed by atoms with Gasteiger partial charge in [-0.05, 0) is 33.3 Å². The number of alkyl carbamates (subject to hydrolysis) is 1. The van der Waals surface area contributed by atoms with Crippen molar-refractivity contribution in [1.82, 2.24) is 5.32 Å². The molecule has 1 aliphatic rings. The first-order valence-corrected chi connectivity index (χ1v) is 7.34. The summed E-state index contributed by atoms with van der Waals surface area (Å²) in [6.45, 7) is 6.31. The highest BCUT2D eigenvalue weighted by molar-refractivity contribution is 5.68. The number of halogens is 1. The molecule has 1 aromatic carbocycles. The van der Waals surface area contributed by atoms with Gasteiger partial charge < -0.3 is 15.0 Å². The third kappa shape index (κ3) is 4.54. The average Bonchev–Trinajstić information content (AvgIpc) is 2.84. The zero-order valence-corrected chi connectivity index (χ0v) is 13.3. The van der Waals surface area contributed by atoms with Gasteiger partial charge in [0.05, 0.1) is 22.7 Å². The Balaban J connectivity index is 1.97. The van der Waals surface area contributed by atoms with Gasteiger partial charge in [0.1, 0.15) is 5.60 Å². The van der Waals surface area contributed by atoms with Crippen molar-refractivity contribution in [3.05, 3.63) is 34.1 Å². The van der Waals surface area contributed by atoms with Crippen LogP contribution in [0.3, 0.4) is 0 Å². The number of rotatable bonds is 3. The van der Waals surface area contributed by atoms with Crippen molar-refractivity contribution in [2.24, 2.45) is 0 Å². The van der Waals surface area contributed by atoms with Gasteiger partial charge >= 0.3 is 6.09 Å². The number of anilines is 1. The number of carbonyl (C=O) groups excluding carboxylic acids is 1. The molecule has 1 fully saturated rings. The fourth-order valence-electron chi connectivity index (χ4n) is 2.44. The van der Waals surface area contributed by atoms with E-state index < -0.39 is 22.4 Å². The van der Waals surface area contributed by atoms with Crippen molar-refractivity contribution in [2.75, 3.05) is 18.0 Å². The van der Waals surface area contributed by atoms with Crippen LogP contribution >= 0.6 is 0 Å². The van der Waals surface area contributed by atoms with E-state index in [0.717, 1.165) is 6.07 Å². The molecule has 2 rings (SSSR count). The Morgan fingerprint density at radius 2 is 2.17 bits per heavy atom. The number of carbonyl (C=O) groups is 1. The summed E-state index contributed by atoms with van der Waals surface area (Å²) in [5.74, 6) is -0.642. The van der Waals surface area contributed by atoms with Gasteiger partial charge in [0.25, 0.3) is 5.69 Å². The summed E-state index contributed by atoms with van der Waals surface area (Å²) in [7, 11) is 0. The Hall–Kier alpha value is -2.38. The van der Waals surface area contributed by atoms with E-state index in [1.54, 1.807) is 25.7 Å². The molecule has 1 aromatic rings. The maximum atomic E-state index is 14.0. The van der Waals surface area contributed by atoms with E-state index in [0.29, 0.717) is 25.2 Å².